The van der Waals surface area contributed by atoms with Gasteiger partial charge in [0.1, 0.15) is 6.10 Å². The van der Waals surface area contributed by atoms with Gasteiger partial charge in [0, 0.05) is 17.2 Å². The lowest BCUT2D eigenvalue weighted by atomic mass is 9.97. The highest BCUT2D eigenvalue weighted by atomic mass is 16.5. The number of allylic oxidation sites excluding steroid dienone is 1. The zero-order chi connectivity index (χ0) is 10.1. The van der Waals surface area contributed by atoms with Crippen LogP contribution in [-0.2, 0) is 4.74 Å². The van der Waals surface area contributed by atoms with Crippen molar-refractivity contribution in [3.63, 3.8) is 0 Å². The molecule has 2 heteroatoms. The normalized spacial score (nSPS) is 25.7. The van der Waals surface area contributed by atoms with Crippen LogP contribution in [0.3, 0.4) is 0 Å². The second-order valence-corrected chi connectivity index (χ2v) is 3.80. The SMILES string of the molecule is CC1=CC(C)C(c2ccccc2N)O1. The Bertz CT molecular complexity index is 370. The lowest BCUT2D eigenvalue weighted by Crippen LogP contribution is -2.07. The lowest BCUT2D eigenvalue weighted by molar-refractivity contribution is 0.120. The summed E-state index contributed by atoms with van der Waals surface area (Å²) in [4.78, 5) is 0. The fourth-order valence-electron chi connectivity index (χ4n) is 1.92. The number of nitrogen functional groups attached to an aromatic ring is 1. The molecule has 0 bridgehead atoms. The topological polar surface area (TPSA) is 35.2 Å². The Hall–Kier alpha value is -1.44. The number of hydrogen-bond acceptors (Lipinski definition) is 2. The molecule has 1 aliphatic rings. The van der Waals surface area contributed by atoms with Crippen LogP contribution in [0.25, 0.3) is 0 Å². The van der Waals surface area contributed by atoms with Gasteiger partial charge in [0.05, 0.1) is 5.76 Å². The van der Waals surface area contributed by atoms with Gasteiger partial charge in [-0.3, -0.25) is 0 Å². The average molecular weight is 189 g/mol. The monoisotopic (exact) mass is 189 g/mol. The number of anilines is 1. The predicted octanol–water partition coefficient (Wildman–Crippen LogP) is 2.88. The molecule has 0 amide bonds. The smallest absolute Gasteiger partial charge is 0.131 e. The van der Waals surface area contributed by atoms with Crippen molar-refractivity contribution in [3.8, 4) is 0 Å². The zero-order valence-electron chi connectivity index (χ0n) is 8.53. The molecule has 0 spiro atoms. The highest BCUT2D eigenvalue weighted by Gasteiger charge is 2.26. The van der Waals surface area contributed by atoms with Crippen LogP contribution < -0.4 is 5.73 Å². The van der Waals surface area contributed by atoms with Crippen LogP contribution in [-0.4, -0.2) is 0 Å². The number of benzene rings is 1. The number of para-hydroxylation sites is 1. The van der Waals surface area contributed by atoms with Crippen LogP contribution in [0.2, 0.25) is 0 Å². The average Bonchev–Trinajstić information content (AvgIpc) is 2.46. The maximum absolute atomic E-state index is 5.90. The minimum Gasteiger partial charge on any atom is -0.490 e. The molecule has 1 heterocycles. The molecule has 1 aromatic rings. The van der Waals surface area contributed by atoms with Gasteiger partial charge in [0.15, 0.2) is 0 Å². The lowest BCUT2D eigenvalue weighted by Gasteiger charge is -2.18. The molecule has 2 N–H and O–H groups in total. The van der Waals surface area contributed by atoms with Gasteiger partial charge in [0.2, 0.25) is 0 Å². The van der Waals surface area contributed by atoms with Crippen LogP contribution in [0.5, 0.6) is 0 Å². The van der Waals surface area contributed by atoms with Gasteiger partial charge < -0.3 is 10.5 Å². The Morgan fingerprint density at radius 3 is 2.57 bits per heavy atom. The number of rotatable bonds is 1. The minimum absolute atomic E-state index is 0.0937. The first-order valence-corrected chi connectivity index (χ1v) is 4.88. The summed E-state index contributed by atoms with van der Waals surface area (Å²) >= 11 is 0. The number of ether oxygens (including phenoxy) is 1. The maximum atomic E-state index is 5.90. The van der Waals surface area contributed by atoms with Crippen LogP contribution >= 0.6 is 0 Å². The van der Waals surface area contributed by atoms with Crippen molar-refractivity contribution in [2.45, 2.75) is 20.0 Å². The summed E-state index contributed by atoms with van der Waals surface area (Å²) in [7, 11) is 0. The van der Waals surface area contributed by atoms with E-state index < -0.39 is 0 Å². The fraction of sp³-hybridized carbons (Fsp3) is 0.333. The third-order valence-corrected chi connectivity index (χ3v) is 2.59. The highest BCUT2D eigenvalue weighted by molar-refractivity contribution is 5.48. The molecule has 1 aliphatic heterocycles. The van der Waals surface area contributed by atoms with Crippen molar-refractivity contribution in [2.75, 3.05) is 5.73 Å². The first kappa shape index (κ1) is 9.13. The number of nitrogens with two attached hydrogens (primary N) is 1. The summed E-state index contributed by atoms with van der Waals surface area (Å²) < 4.78 is 5.72. The van der Waals surface area contributed by atoms with Gasteiger partial charge in [-0.25, -0.2) is 0 Å². The Morgan fingerprint density at radius 2 is 2.00 bits per heavy atom. The first-order chi connectivity index (χ1) is 6.68. The molecule has 0 fully saturated rings. The molecule has 14 heavy (non-hydrogen) atoms. The Labute approximate surface area is 84.4 Å². The molecule has 2 unspecified atom stereocenters. The molecule has 74 valence electrons. The summed E-state index contributed by atoms with van der Waals surface area (Å²) in [5.41, 5.74) is 7.81. The van der Waals surface area contributed by atoms with Crippen LogP contribution in [0, 0.1) is 5.92 Å². The van der Waals surface area contributed by atoms with Crippen molar-refractivity contribution in [2.24, 2.45) is 5.92 Å². The van der Waals surface area contributed by atoms with Gasteiger partial charge in [0.25, 0.3) is 0 Å². The van der Waals surface area contributed by atoms with Crippen LogP contribution in [0.15, 0.2) is 36.1 Å². The molecule has 0 radical (unpaired) electrons. The van der Waals surface area contributed by atoms with Gasteiger partial charge in [-0.15, -0.1) is 0 Å². The van der Waals surface area contributed by atoms with E-state index in [2.05, 4.69) is 13.0 Å². The zero-order valence-corrected chi connectivity index (χ0v) is 8.53. The van der Waals surface area contributed by atoms with Crippen LogP contribution in [0.1, 0.15) is 25.5 Å². The molecular formula is C12H15NO. The highest BCUT2D eigenvalue weighted by Crippen LogP contribution is 2.37. The molecular weight excluding hydrogens is 174 g/mol. The molecule has 0 saturated heterocycles. The summed E-state index contributed by atoms with van der Waals surface area (Å²) in [6, 6.07) is 7.89. The molecule has 2 nitrogen and oxygen atoms in total. The maximum Gasteiger partial charge on any atom is 0.131 e. The largest absolute Gasteiger partial charge is 0.490 e. The first-order valence-electron chi connectivity index (χ1n) is 4.88. The van der Waals surface area contributed by atoms with E-state index in [0.29, 0.717) is 5.92 Å². The molecule has 0 aliphatic carbocycles. The van der Waals surface area contributed by atoms with E-state index >= 15 is 0 Å². The minimum atomic E-state index is 0.0937. The molecule has 1 aromatic carbocycles. The predicted molar refractivity (Wildman–Crippen MR) is 57.6 cm³/mol. The third kappa shape index (κ3) is 1.48. The van der Waals surface area contributed by atoms with Gasteiger partial charge >= 0.3 is 0 Å². The fourth-order valence-corrected chi connectivity index (χ4v) is 1.92. The van der Waals surface area contributed by atoms with Crippen molar-refractivity contribution >= 4 is 5.69 Å². The van der Waals surface area contributed by atoms with Crippen molar-refractivity contribution in [1.29, 1.82) is 0 Å². The quantitative estimate of drug-likeness (QED) is 0.689. The second-order valence-electron chi connectivity index (χ2n) is 3.80. The van der Waals surface area contributed by atoms with E-state index in [-0.39, 0.29) is 6.10 Å². The molecule has 0 saturated carbocycles. The van der Waals surface area contributed by atoms with E-state index in [1.54, 1.807) is 0 Å². The summed E-state index contributed by atoms with van der Waals surface area (Å²) in [5.74, 6) is 1.39. The van der Waals surface area contributed by atoms with E-state index in [9.17, 15) is 0 Å². The van der Waals surface area contributed by atoms with E-state index in [1.807, 2.05) is 31.2 Å². The summed E-state index contributed by atoms with van der Waals surface area (Å²) in [6.07, 6.45) is 2.23. The van der Waals surface area contributed by atoms with Crippen molar-refractivity contribution < 1.29 is 4.74 Å². The Morgan fingerprint density at radius 1 is 1.29 bits per heavy atom. The van der Waals surface area contributed by atoms with Crippen molar-refractivity contribution in [1.82, 2.24) is 0 Å². The van der Waals surface area contributed by atoms with Crippen LogP contribution in [0.4, 0.5) is 5.69 Å². The summed E-state index contributed by atoms with van der Waals surface area (Å²) in [6.45, 7) is 4.13. The van der Waals surface area contributed by atoms with E-state index in [0.717, 1.165) is 17.0 Å². The van der Waals surface area contributed by atoms with E-state index in [1.165, 1.54) is 0 Å². The third-order valence-electron chi connectivity index (χ3n) is 2.59. The van der Waals surface area contributed by atoms with Crippen molar-refractivity contribution in [3.05, 3.63) is 41.7 Å². The number of hydrogen-bond donors (Lipinski definition) is 1. The molecule has 2 rings (SSSR count). The van der Waals surface area contributed by atoms with E-state index in [4.69, 9.17) is 10.5 Å². The summed E-state index contributed by atoms with van der Waals surface area (Å²) in [5, 5.41) is 0. The van der Waals surface area contributed by atoms with Gasteiger partial charge in [-0.1, -0.05) is 25.1 Å². The Kier molecular flexibility index (Phi) is 2.20. The second kappa shape index (κ2) is 3.37. The molecule has 2 atom stereocenters. The standard InChI is InChI=1S/C12H15NO/c1-8-7-9(2)14-12(8)10-5-3-4-6-11(10)13/h3-8,12H,13H2,1-2H3. The van der Waals surface area contributed by atoms with Gasteiger partial charge in [-0.2, -0.15) is 0 Å². The van der Waals surface area contributed by atoms with Gasteiger partial charge in [-0.05, 0) is 19.1 Å². The molecule has 0 aromatic heterocycles. The Balaban J connectivity index is 2.30.